The van der Waals surface area contributed by atoms with Crippen LogP contribution in [0.25, 0.3) is 0 Å². The van der Waals surface area contributed by atoms with Gasteiger partial charge < -0.3 is 4.42 Å². The van der Waals surface area contributed by atoms with E-state index in [1.807, 2.05) is 12.1 Å². The van der Waals surface area contributed by atoms with E-state index in [4.69, 9.17) is 4.42 Å². The Morgan fingerprint density at radius 1 is 1.16 bits per heavy atom. The van der Waals surface area contributed by atoms with Gasteiger partial charge >= 0.3 is 0 Å². The second-order valence-corrected chi connectivity index (χ2v) is 5.78. The number of thioether (sulfide) groups is 2. The maximum atomic E-state index is 12.1. The van der Waals surface area contributed by atoms with Gasteiger partial charge in [0.05, 0.1) is 5.75 Å². The van der Waals surface area contributed by atoms with Gasteiger partial charge in [-0.05, 0) is 17.7 Å². The first-order valence-electron chi connectivity index (χ1n) is 5.54. The predicted octanol–water partition coefficient (Wildman–Crippen LogP) is 4.13. The van der Waals surface area contributed by atoms with Crippen molar-refractivity contribution in [3.05, 3.63) is 41.6 Å². The molecule has 3 nitrogen and oxygen atoms in total. The van der Waals surface area contributed by atoms with Crippen molar-refractivity contribution in [2.24, 2.45) is 0 Å². The molecule has 2 aromatic rings. The SMILES string of the molecule is Cc1nnc(CSCc2ccc(SC(F)F)cc2)o1. The van der Waals surface area contributed by atoms with E-state index in [9.17, 15) is 8.78 Å². The van der Waals surface area contributed by atoms with Crippen LogP contribution in [0, 0.1) is 6.92 Å². The molecule has 0 aliphatic carbocycles. The summed E-state index contributed by atoms with van der Waals surface area (Å²) in [5.41, 5.74) is 1.08. The number of halogens is 2. The summed E-state index contributed by atoms with van der Waals surface area (Å²) in [5, 5.41) is 7.65. The van der Waals surface area contributed by atoms with E-state index in [-0.39, 0.29) is 0 Å². The molecule has 7 heteroatoms. The van der Waals surface area contributed by atoms with Gasteiger partial charge in [-0.15, -0.1) is 22.0 Å². The van der Waals surface area contributed by atoms with Crippen LogP contribution in [-0.2, 0) is 11.5 Å². The normalized spacial score (nSPS) is 11.2. The number of nitrogens with zero attached hydrogens (tertiary/aromatic N) is 2. The highest BCUT2D eigenvalue weighted by atomic mass is 32.2. The Morgan fingerprint density at radius 3 is 2.47 bits per heavy atom. The van der Waals surface area contributed by atoms with Crippen molar-refractivity contribution in [1.29, 1.82) is 0 Å². The van der Waals surface area contributed by atoms with Gasteiger partial charge in [-0.1, -0.05) is 23.9 Å². The lowest BCUT2D eigenvalue weighted by Crippen LogP contribution is -1.85. The Morgan fingerprint density at radius 2 is 1.89 bits per heavy atom. The lowest BCUT2D eigenvalue weighted by atomic mass is 10.2. The van der Waals surface area contributed by atoms with Crippen LogP contribution in [0.4, 0.5) is 8.78 Å². The third-order valence-electron chi connectivity index (χ3n) is 2.21. The number of hydrogen-bond donors (Lipinski definition) is 0. The molecule has 0 bridgehead atoms. The summed E-state index contributed by atoms with van der Waals surface area (Å²) in [6, 6.07) is 7.14. The van der Waals surface area contributed by atoms with E-state index >= 15 is 0 Å². The van der Waals surface area contributed by atoms with Crippen LogP contribution in [0.2, 0.25) is 0 Å². The Labute approximate surface area is 118 Å². The van der Waals surface area contributed by atoms with Crippen molar-refractivity contribution >= 4 is 23.5 Å². The number of aryl methyl sites for hydroxylation is 1. The van der Waals surface area contributed by atoms with Crippen molar-refractivity contribution in [2.45, 2.75) is 29.1 Å². The monoisotopic (exact) mass is 302 g/mol. The fourth-order valence-electron chi connectivity index (χ4n) is 1.42. The number of aromatic nitrogens is 2. The maximum Gasteiger partial charge on any atom is 0.288 e. The number of alkyl halides is 2. The zero-order valence-electron chi connectivity index (χ0n) is 10.2. The lowest BCUT2D eigenvalue weighted by Gasteiger charge is -2.03. The van der Waals surface area contributed by atoms with Gasteiger partial charge in [-0.3, -0.25) is 0 Å². The molecule has 0 aliphatic heterocycles. The van der Waals surface area contributed by atoms with Crippen molar-refractivity contribution < 1.29 is 13.2 Å². The molecule has 0 atom stereocenters. The Balaban J connectivity index is 1.79. The van der Waals surface area contributed by atoms with Crippen LogP contribution >= 0.6 is 23.5 Å². The van der Waals surface area contributed by atoms with Crippen LogP contribution in [0.3, 0.4) is 0 Å². The first-order chi connectivity index (χ1) is 9.13. The molecule has 0 saturated carbocycles. The van der Waals surface area contributed by atoms with Crippen LogP contribution in [0.5, 0.6) is 0 Å². The topological polar surface area (TPSA) is 38.9 Å². The van der Waals surface area contributed by atoms with Crippen LogP contribution in [-0.4, -0.2) is 16.0 Å². The second kappa shape index (κ2) is 6.91. The van der Waals surface area contributed by atoms with Crippen LogP contribution in [0.15, 0.2) is 33.6 Å². The number of hydrogen-bond acceptors (Lipinski definition) is 5. The smallest absolute Gasteiger partial charge is 0.288 e. The van der Waals surface area contributed by atoms with Crippen LogP contribution in [0.1, 0.15) is 17.3 Å². The molecule has 2 rings (SSSR count). The third-order valence-corrected chi connectivity index (χ3v) is 3.92. The average molecular weight is 302 g/mol. The van der Waals surface area contributed by atoms with E-state index in [0.29, 0.717) is 34.2 Å². The maximum absolute atomic E-state index is 12.1. The molecule has 0 unspecified atom stereocenters. The fraction of sp³-hybridized carbons (Fsp3) is 0.333. The van der Waals surface area contributed by atoms with Crippen molar-refractivity contribution in [1.82, 2.24) is 10.2 Å². The Kier molecular flexibility index (Phi) is 5.21. The van der Waals surface area contributed by atoms with Gasteiger partial charge in [-0.2, -0.15) is 8.78 Å². The van der Waals surface area contributed by atoms with E-state index < -0.39 is 5.76 Å². The molecule has 0 amide bonds. The summed E-state index contributed by atoms with van der Waals surface area (Å²) in [5.74, 6) is 0.215. The molecule has 0 N–H and O–H groups in total. The van der Waals surface area contributed by atoms with Gasteiger partial charge in [0.15, 0.2) is 0 Å². The van der Waals surface area contributed by atoms with Gasteiger partial charge in [0, 0.05) is 17.6 Å². The summed E-state index contributed by atoms with van der Waals surface area (Å²) >= 11 is 2.20. The minimum Gasteiger partial charge on any atom is -0.425 e. The van der Waals surface area contributed by atoms with Crippen molar-refractivity contribution in [2.75, 3.05) is 0 Å². The lowest BCUT2D eigenvalue weighted by molar-refractivity contribution is 0.252. The summed E-state index contributed by atoms with van der Waals surface area (Å²) < 4.78 is 29.6. The molecular weight excluding hydrogens is 290 g/mol. The van der Waals surface area contributed by atoms with Crippen molar-refractivity contribution in [3.63, 3.8) is 0 Å². The third kappa shape index (κ3) is 4.83. The second-order valence-electron chi connectivity index (χ2n) is 3.73. The van der Waals surface area contributed by atoms with E-state index in [1.54, 1.807) is 30.8 Å². The molecule has 0 fully saturated rings. The van der Waals surface area contributed by atoms with Gasteiger partial charge in [0.1, 0.15) is 0 Å². The standard InChI is InChI=1S/C12H12F2N2OS2/c1-8-15-16-11(17-8)7-18-6-9-2-4-10(5-3-9)19-12(13)14/h2-5,12H,6-7H2,1H3. The molecule has 1 aromatic heterocycles. The highest BCUT2D eigenvalue weighted by molar-refractivity contribution is 7.99. The average Bonchev–Trinajstić information content (AvgIpc) is 2.77. The summed E-state index contributed by atoms with van der Waals surface area (Å²) in [6.07, 6.45) is 0. The predicted molar refractivity (Wildman–Crippen MR) is 72.3 cm³/mol. The van der Waals surface area contributed by atoms with Crippen LogP contribution < -0.4 is 0 Å². The number of rotatable bonds is 6. The summed E-state index contributed by atoms with van der Waals surface area (Å²) in [7, 11) is 0. The van der Waals surface area contributed by atoms with Gasteiger partial charge in [0.2, 0.25) is 11.8 Å². The minimum absolute atomic E-state index is 0.557. The van der Waals surface area contributed by atoms with Crippen molar-refractivity contribution in [3.8, 4) is 0 Å². The zero-order chi connectivity index (χ0) is 13.7. The molecule has 1 heterocycles. The Bertz CT molecular complexity index is 517. The van der Waals surface area contributed by atoms with E-state index in [1.165, 1.54) is 0 Å². The largest absolute Gasteiger partial charge is 0.425 e. The number of benzene rings is 1. The van der Waals surface area contributed by atoms with Gasteiger partial charge in [-0.25, -0.2) is 0 Å². The molecular formula is C12H12F2N2OS2. The first-order valence-corrected chi connectivity index (χ1v) is 7.57. The summed E-state index contributed by atoms with van der Waals surface area (Å²) in [4.78, 5) is 0.580. The highest BCUT2D eigenvalue weighted by Crippen LogP contribution is 2.26. The Hall–Kier alpha value is -1.08. The summed E-state index contributed by atoms with van der Waals surface area (Å²) in [6.45, 7) is 1.75. The van der Waals surface area contributed by atoms with E-state index in [0.717, 1.165) is 11.3 Å². The molecule has 0 spiro atoms. The molecule has 0 aliphatic rings. The minimum atomic E-state index is -2.37. The van der Waals surface area contributed by atoms with Gasteiger partial charge in [0.25, 0.3) is 5.76 Å². The molecule has 19 heavy (non-hydrogen) atoms. The molecule has 1 aromatic carbocycles. The zero-order valence-corrected chi connectivity index (χ0v) is 11.8. The highest BCUT2D eigenvalue weighted by Gasteiger charge is 2.05. The molecule has 0 saturated heterocycles. The first kappa shape index (κ1) is 14.3. The molecule has 0 radical (unpaired) electrons. The van der Waals surface area contributed by atoms with E-state index in [2.05, 4.69) is 10.2 Å². The molecule has 102 valence electrons. The quantitative estimate of drug-likeness (QED) is 0.750. The fourth-order valence-corrected chi connectivity index (χ4v) is 2.74.